The van der Waals surface area contributed by atoms with E-state index in [1.807, 2.05) is 0 Å². The fourth-order valence-corrected chi connectivity index (χ4v) is 4.91. The van der Waals surface area contributed by atoms with Crippen LogP contribution in [0, 0.1) is 0 Å². The predicted octanol–water partition coefficient (Wildman–Crippen LogP) is 0.232. The lowest BCUT2D eigenvalue weighted by molar-refractivity contribution is -0.274. The van der Waals surface area contributed by atoms with E-state index in [4.69, 9.17) is 28.1 Å². The van der Waals surface area contributed by atoms with Crippen LogP contribution in [0.25, 0.3) is 22.1 Å². The normalized spacial score (nSPS) is 34.0. The third-order valence-electron chi connectivity index (χ3n) is 7.35. The Labute approximate surface area is 233 Å². The smallest absolute Gasteiger partial charge is 0.229 e. The van der Waals surface area contributed by atoms with Gasteiger partial charge in [-0.3, -0.25) is 4.79 Å². The number of aliphatic hydroxyl groups is 5. The van der Waals surface area contributed by atoms with Crippen molar-refractivity contribution < 1.29 is 58.7 Å². The van der Waals surface area contributed by atoms with Crippen LogP contribution in [0.1, 0.15) is 13.8 Å². The van der Waals surface area contributed by atoms with E-state index < -0.39 is 66.8 Å². The molecule has 5 rings (SSSR count). The lowest BCUT2D eigenvalue weighted by Crippen LogP contribution is -2.59. The monoisotopic (exact) mass is 576 g/mol. The van der Waals surface area contributed by atoms with Gasteiger partial charge in [-0.05, 0) is 31.5 Å². The molecule has 1 aromatic heterocycles. The molecule has 41 heavy (non-hydrogen) atoms. The van der Waals surface area contributed by atoms with Crippen molar-refractivity contribution >= 4 is 11.0 Å². The van der Waals surface area contributed by atoms with Crippen molar-refractivity contribution in [3.63, 3.8) is 0 Å². The summed E-state index contributed by atoms with van der Waals surface area (Å²) in [6, 6.07) is 8.60. The zero-order valence-electron chi connectivity index (χ0n) is 22.4. The minimum Gasteiger partial charge on any atom is -0.508 e. The highest BCUT2D eigenvalue weighted by molar-refractivity contribution is 5.88. The van der Waals surface area contributed by atoms with Crippen LogP contribution >= 0.6 is 0 Å². The second kappa shape index (κ2) is 11.5. The maximum atomic E-state index is 13.7. The molecule has 2 aliphatic rings. The number of fused-ring (bicyclic) bond motifs is 1. The molecule has 0 unspecified atom stereocenters. The van der Waals surface area contributed by atoms with Crippen LogP contribution in [0.4, 0.5) is 0 Å². The number of ether oxygens (including phenoxy) is 5. The van der Waals surface area contributed by atoms with Gasteiger partial charge in [0.25, 0.3) is 0 Å². The van der Waals surface area contributed by atoms with Crippen molar-refractivity contribution in [1.29, 1.82) is 0 Å². The van der Waals surface area contributed by atoms with E-state index in [-0.39, 0.29) is 33.8 Å². The summed E-state index contributed by atoms with van der Waals surface area (Å²) in [6.07, 6.45) is -11.4. The Morgan fingerprint density at radius 1 is 0.780 bits per heavy atom. The maximum absolute atomic E-state index is 13.7. The van der Waals surface area contributed by atoms with Gasteiger partial charge in [0.2, 0.25) is 18.0 Å². The number of rotatable bonds is 6. The first-order valence-electron chi connectivity index (χ1n) is 13.0. The summed E-state index contributed by atoms with van der Waals surface area (Å²) >= 11 is 0. The third kappa shape index (κ3) is 5.50. The number of hydrogen-bond donors (Lipinski definition) is 6. The largest absolute Gasteiger partial charge is 0.508 e. The van der Waals surface area contributed by atoms with Gasteiger partial charge in [-0.1, -0.05) is 12.1 Å². The molecule has 0 aliphatic carbocycles. The molecular formula is C28H32O13. The maximum Gasteiger partial charge on any atom is 0.229 e. The van der Waals surface area contributed by atoms with E-state index in [2.05, 4.69) is 0 Å². The van der Waals surface area contributed by atoms with Crippen LogP contribution in [-0.2, 0) is 14.2 Å². The van der Waals surface area contributed by atoms with Crippen LogP contribution in [0.5, 0.6) is 17.2 Å². The molecule has 0 radical (unpaired) electrons. The average Bonchev–Trinajstić information content (AvgIpc) is 2.94. The van der Waals surface area contributed by atoms with Crippen molar-refractivity contribution in [3.8, 4) is 28.4 Å². The van der Waals surface area contributed by atoms with E-state index in [9.17, 15) is 35.4 Å². The minimum absolute atomic E-state index is 0.00860. The first-order chi connectivity index (χ1) is 19.5. The molecule has 2 fully saturated rings. The van der Waals surface area contributed by atoms with Crippen molar-refractivity contribution in [2.45, 2.75) is 75.3 Å². The van der Waals surface area contributed by atoms with Gasteiger partial charge in [-0.15, -0.1) is 0 Å². The van der Waals surface area contributed by atoms with E-state index in [1.54, 1.807) is 6.92 Å². The summed E-state index contributed by atoms with van der Waals surface area (Å²) in [4.78, 5) is 13.7. The topological polar surface area (TPSA) is 198 Å². The van der Waals surface area contributed by atoms with Crippen LogP contribution < -0.4 is 14.9 Å². The van der Waals surface area contributed by atoms with Crippen molar-refractivity contribution in [2.75, 3.05) is 7.11 Å². The van der Waals surface area contributed by atoms with Crippen LogP contribution in [0.3, 0.4) is 0 Å². The summed E-state index contributed by atoms with van der Waals surface area (Å²) in [5.41, 5.74) is 0.0903. The van der Waals surface area contributed by atoms with Crippen LogP contribution in [0.15, 0.2) is 51.9 Å². The zero-order valence-corrected chi connectivity index (χ0v) is 22.4. The van der Waals surface area contributed by atoms with Gasteiger partial charge in [-0.25, -0.2) is 0 Å². The SMILES string of the molecule is CO[C@H]1[C@@H](Oc2cc(O[C@H]3O[C@@H](C)[C@H](O)[C@@H](O)[C@H]3O)c3c(=O)c(-c4ccc(O)cc4)coc3c2)O[C@@H](C)[C@H](O)[C@H]1O. The molecule has 10 atom stereocenters. The van der Waals surface area contributed by atoms with E-state index in [1.165, 1.54) is 56.7 Å². The van der Waals surface area contributed by atoms with Gasteiger partial charge in [0.1, 0.15) is 71.1 Å². The molecule has 3 heterocycles. The summed E-state index contributed by atoms with van der Waals surface area (Å²) < 4.78 is 34.3. The van der Waals surface area contributed by atoms with Crippen LogP contribution in [0.2, 0.25) is 0 Å². The average molecular weight is 577 g/mol. The summed E-state index contributed by atoms with van der Waals surface area (Å²) in [7, 11) is 1.32. The van der Waals surface area contributed by atoms with Gasteiger partial charge >= 0.3 is 0 Å². The molecular weight excluding hydrogens is 544 g/mol. The molecule has 6 N–H and O–H groups in total. The number of aliphatic hydroxyl groups excluding tert-OH is 5. The molecule has 13 nitrogen and oxygen atoms in total. The second-order valence-corrected chi connectivity index (χ2v) is 10.1. The Bertz CT molecular complexity index is 1420. The fraction of sp³-hybridized carbons (Fsp3) is 0.464. The Hall–Kier alpha value is -3.27. The molecule has 0 amide bonds. The number of hydrogen-bond acceptors (Lipinski definition) is 13. The first kappa shape index (κ1) is 29.2. The van der Waals surface area contributed by atoms with Gasteiger partial charge in [0.05, 0.1) is 17.8 Å². The number of benzene rings is 2. The molecule has 2 saturated heterocycles. The van der Waals surface area contributed by atoms with Gasteiger partial charge in [-0.2, -0.15) is 0 Å². The van der Waals surface area contributed by atoms with E-state index in [0.717, 1.165) is 0 Å². The predicted molar refractivity (Wildman–Crippen MR) is 140 cm³/mol. The first-order valence-corrected chi connectivity index (χ1v) is 13.0. The van der Waals surface area contributed by atoms with Crippen molar-refractivity contribution in [3.05, 3.63) is 52.9 Å². The molecule has 222 valence electrons. The summed E-state index contributed by atoms with van der Waals surface area (Å²) in [5, 5.41) is 61.2. The number of aromatic hydroxyl groups is 1. The quantitative estimate of drug-likeness (QED) is 0.233. The molecule has 0 spiro atoms. The lowest BCUT2D eigenvalue weighted by Gasteiger charge is -2.40. The summed E-state index contributed by atoms with van der Waals surface area (Å²) in [6.45, 7) is 3.04. The second-order valence-electron chi connectivity index (χ2n) is 10.1. The molecule has 3 aromatic rings. The van der Waals surface area contributed by atoms with Gasteiger partial charge in [0, 0.05) is 19.2 Å². The third-order valence-corrected chi connectivity index (χ3v) is 7.35. The van der Waals surface area contributed by atoms with Crippen molar-refractivity contribution in [1.82, 2.24) is 0 Å². The Morgan fingerprint density at radius 2 is 1.41 bits per heavy atom. The summed E-state index contributed by atoms with van der Waals surface area (Å²) in [5.74, 6) is -0.0887. The minimum atomic E-state index is -1.68. The Kier molecular flexibility index (Phi) is 8.23. The molecule has 2 aromatic carbocycles. The van der Waals surface area contributed by atoms with Crippen molar-refractivity contribution in [2.24, 2.45) is 0 Å². The van der Waals surface area contributed by atoms with Crippen LogP contribution in [-0.4, -0.2) is 99.2 Å². The van der Waals surface area contributed by atoms with E-state index >= 15 is 0 Å². The molecule has 0 saturated carbocycles. The van der Waals surface area contributed by atoms with Gasteiger partial charge < -0.3 is 58.7 Å². The standard InChI is InChI=1S/C28H32O13/c1-11-20(30)23(33)25(35)27(38-11)41-18-9-15(40-28-26(36-3)24(34)21(31)12(2)39-28)8-17-19(18)22(32)16(10-37-17)13-4-6-14(29)7-5-13/h4-12,20-21,23-31,33-35H,1-3H3/t11-,12-,20-,21-,23+,24+,25+,26+,27+,28+/m0/s1. The Morgan fingerprint density at radius 3 is 2.07 bits per heavy atom. The highest BCUT2D eigenvalue weighted by Gasteiger charge is 2.45. The lowest BCUT2D eigenvalue weighted by atomic mass is 10.00. The number of methoxy groups -OCH3 is 1. The number of phenolic OH excluding ortho intramolecular Hbond substituents is 1. The molecule has 2 aliphatic heterocycles. The fourth-order valence-electron chi connectivity index (χ4n) is 4.91. The highest BCUT2D eigenvalue weighted by atomic mass is 16.7. The Balaban J connectivity index is 1.59. The molecule has 0 bridgehead atoms. The molecule has 13 heteroatoms. The zero-order chi connectivity index (χ0) is 29.6. The number of phenols is 1. The van der Waals surface area contributed by atoms with E-state index in [0.29, 0.717) is 5.56 Å². The van der Waals surface area contributed by atoms with Gasteiger partial charge in [0.15, 0.2) is 0 Å². The highest BCUT2D eigenvalue weighted by Crippen LogP contribution is 2.36.